The van der Waals surface area contributed by atoms with Crippen molar-refractivity contribution in [2.45, 2.75) is 63.0 Å². The number of hydrogen-bond donors (Lipinski definition) is 2. The van der Waals surface area contributed by atoms with E-state index in [4.69, 9.17) is 26.1 Å². The number of hydrogen-bond acceptors (Lipinski definition) is 6. The fourth-order valence-corrected chi connectivity index (χ4v) is 6.16. The molecule has 1 saturated carbocycles. The van der Waals surface area contributed by atoms with Crippen LogP contribution in [0.25, 0.3) is 0 Å². The molecule has 0 bridgehead atoms. The smallest absolute Gasteiger partial charge is 0.294 e. The summed E-state index contributed by atoms with van der Waals surface area (Å²) in [6, 6.07) is 17.2. The molecule has 0 spiro atoms. The molecule has 5 rings (SSSR count). The molecule has 212 valence electrons. The van der Waals surface area contributed by atoms with E-state index >= 15 is 0 Å². The van der Waals surface area contributed by atoms with Crippen LogP contribution in [-0.2, 0) is 23.2 Å². The first-order valence-corrected chi connectivity index (χ1v) is 14.4. The first-order valence-electron chi connectivity index (χ1n) is 14.0. The van der Waals surface area contributed by atoms with Crippen molar-refractivity contribution in [2.24, 2.45) is 0 Å². The van der Waals surface area contributed by atoms with Gasteiger partial charge in [-0.25, -0.2) is 4.98 Å². The Morgan fingerprint density at radius 1 is 1.10 bits per heavy atom. The number of rotatable bonds is 10. The average Bonchev–Trinajstić information content (AvgIpc) is 3.45. The normalized spacial score (nSPS) is 17.1. The van der Waals surface area contributed by atoms with Gasteiger partial charge in [-0.05, 0) is 48.9 Å². The Bertz CT molecular complexity index is 1330. The van der Waals surface area contributed by atoms with Gasteiger partial charge in [0.15, 0.2) is 5.69 Å². The predicted molar refractivity (Wildman–Crippen MR) is 153 cm³/mol. The summed E-state index contributed by atoms with van der Waals surface area (Å²) in [7, 11) is 0. The second-order valence-corrected chi connectivity index (χ2v) is 11.1. The van der Waals surface area contributed by atoms with Gasteiger partial charge >= 0.3 is 0 Å². The Morgan fingerprint density at radius 2 is 1.80 bits per heavy atom. The van der Waals surface area contributed by atoms with Crippen LogP contribution in [0.4, 0.5) is 0 Å². The van der Waals surface area contributed by atoms with Crippen LogP contribution in [0.1, 0.15) is 66.0 Å². The number of nitrogens with one attached hydrogen (secondary N) is 1. The molecule has 40 heavy (non-hydrogen) atoms. The molecule has 1 aromatic heterocycles. The highest BCUT2D eigenvalue weighted by Gasteiger charge is 2.38. The van der Waals surface area contributed by atoms with E-state index in [-0.39, 0.29) is 42.7 Å². The topological polar surface area (TPSA) is 105 Å². The van der Waals surface area contributed by atoms with Gasteiger partial charge in [-0.2, -0.15) is 0 Å². The number of ether oxygens (including phenoxy) is 2. The Balaban J connectivity index is 1.52. The number of aliphatic hydroxyl groups is 1. The van der Waals surface area contributed by atoms with Crippen LogP contribution < -0.4 is 10.3 Å². The molecule has 1 saturated heterocycles. The molecule has 0 unspecified atom stereocenters. The van der Waals surface area contributed by atoms with Gasteiger partial charge in [0.2, 0.25) is 5.75 Å². The first-order chi connectivity index (χ1) is 19.5. The van der Waals surface area contributed by atoms with E-state index in [9.17, 15) is 14.7 Å². The average molecular weight is 566 g/mol. The van der Waals surface area contributed by atoms with Crippen molar-refractivity contribution in [3.63, 3.8) is 0 Å². The second kappa shape index (κ2) is 13.0. The monoisotopic (exact) mass is 565 g/mol. The van der Waals surface area contributed by atoms with E-state index in [1.807, 2.05) is 54.6 Å². The maximum absolute atomic E-state index is 14.1. The minimum Gasteiger partial charge on any atom is -0.481 e. The van der Waals surface area contributed by atoms with Crippen molar-refractivity contribution in [3.8, 4) is 5.75 Å². The van der Waals surface area contributed by atoms with Crippen LogP contribution in [-0.4, -0.2) is 58.3 Å². The fraction of sp³-hybridized carbons (Fsp3) is 0.452. The number of halogens is 1. The zero-order valence-electron chi connectivity index (χ0n) is 22.6. The Morgan fingerprint density at radius 3 is 2.48 bits per heavy atom. The van der Waals surface area contributed by atoms with Crippen LogP contribution in [0, 0.1) is 0 Å². The van der Waals surface area contributed by atoms with E-state index in [0.717, 1.165) is 36.8 Å². The molecular weight excluding hydrogens is 530 g/mol. The van der Waals surface area contributed by atoms with Crippen molar-refractivity contribution in [3.05, 3.63) is 92.6 Å². The van der Waals surface area contributed by atoms with Crippen LogP contribution in [0.5, 0.6) is 5.75 Å². The summed E-state index contributed by atoms with van der Waals surface area (Å²) >= 11 is 6.17. The zero-order valence-corrected chi connectivity index (χ0v) is 23.4. The summed E-state index contributed by atoms with van der Waals surface area (Å²) in [6.07, 6.45) is 5.85. The van der Waals surface area contributed by atoms with Gasteiger partial charge in [0.1, 0.15) is 12.4 Å². The molecule has 1 aliphatic heterocycles. The third kappa shape index (κ3) is 6.40. The lowest BCUT2D eigenvalue weighted by Gasteiger charge is -2.34. The van der Waals surface area contributed by atoms with Crippen molar-refractivity contribution < 1.29 is 19.4 Å². The number of carbonyl (C=O) groups excluding carboxylic acids is 1. The van der Waals surface area contributed by atoms with E-state index in [1.165, 1.54) is 0 Å². The molecular formula is C31H36ClN3O5. The standard InChI is InChI=1S/C31H36ClN3O5/c32-24-10-8-23(9-11-24)31(14-4-5-15-31)20-26-33-27(30(38)35(16-17-36)25-12-18-39-19-13-25)28(29(37)34-26)40-21-22-6-2-1-3-7-22/h1-3,6-11,25,36H,4-5,12-21H2,(H,33,34,37). The van der Waals surface area contributed by atoms with Gasteiger partial charge in [-0.3, -0.25) is 9.59 Å². The van der Waals surface area contributed by atoms with Crippen molar-refractivity contribution in [1.29, 1.82) is 0 Å². The molecule has 8 nitrogen and oxygen atoms in total. The largest absolute Gasteiger partial charge is 0.481 e. The Kier molecular flexibility index (Phi) is 9.19. The molecule has 3 aromatic rings. The molecule has 2 heterocycles. The second-order valence-electron chi connectivity index (χ2n) is 10.7. The summed E-state index contributed by atoms with van der Waals surface area (Å²) in [6.45, 7) is 1.14. The molecule has 2 aliphatic rings. The first kappa shape index (κ1) is 28.3. The number of aliphatic hydroxyl groups excluding tert-OH is 1. The molecule has 9 heteroatoms. The number of aromatic amines is 1. The van der Waals surface area contributed by atoms with Crippen LogP contribution in [0.2, 0.25) is 5.02 Å². The van der Waals surface area contributed by atoms with E-state index in [1.54, 1.807) is 4.90 Å². The van der Waals surface area contributed by atoms with Gasteiger partial charge in [0, 0.05) is 42.7 Å². The summed E-state index contributed by atoms with van der Waals surface area (Å²) < 4.78 is 11.5. The van der Waals surface area contributed by atoms with Gasteiger partial charge < -0.3 is 24.5 Å². The minimum atomic E-state index is -0.482. The lowest BCUT2D eigenvalue weighted by atomic mass is 9.76. The van der Waals surface area contributed by atoms with Gasteiger partial charge in [0.25, 0.3) is 11.5 Å². The number of aromatic nitrogens is 2. The number of H-pyrrole nitrogens is 1. The molecule has 2 fully saturated rings. The predicted octanol–water partition coefficient (Wildman–Crippen LogP) is 4.67. The summed E-state index contributed by atoms with van der Waals surface area (Å²) in [5, 5.41) is 10.5. The SMILES string of the molecule is O=C(c1nc(CC2(c3ccc(Cl)cc3)CCCC2)[nH]c(=O)c1OCc1ccccc1)N(CCO)C1CCOCC1. The number of nitrogens with zero attached hydrogens (tertiary/aromatic N) is 2. The van der Waals surface area contributed by atoms with Crippen LogP contribution in [0.3, 0.4) is 0 Å². The number of amides is 1. The van der Waals surface area contributed by atoms with Gasteiger partial charge in [0.05, 0.1) is 6.61 Å². The highest BCUT2D eigenvalue weighted by atomic mass is 35.5. The number of benzene rings is 2. The van der Waals surface area contributed by atoms with Crippen LogP contribution >= 0.6 is 11.6 Å². The summed E-state index contributed by atoms with van der Waals surface area (Å²) in [4.78, 5) is 36.9. The Labute approximate surface area is 239 Å². The number of carbonyl (C=O) groups is 1. The molecule has 1 amide bonds. The zero-order chi connectivity index (χ0) is 28.0. The Hall–Kier alpha value is -3.20. The lowest BCUT2D eigenvalue weighted by molar-refractivity contribution is 0.0240. The van der Waals surface area contributed by atoms with E-state index < -0.39 is 11.5 Å². The maximum atomic E-state index is 14.1. The summed E-state index contributed by atoms with van der Waals surface area (Å²) in [5.41, 5.74) is 1.31. The summed E-state index contributed by atoms with van der Waals surface area (Å²) in [5.74, 6) is -0.0592. The van der Waals surface area contributed by atoms with E-state index in [0.29, 0.717) is 43.3 Å². The van der Waals surface area contributed by atoms with Gasteiger partial charge in [-0.1, -0.05) is 66.9 Å². The fourth-order valence-electron chi connectivity index (χ4n) is 6.04. The highest BCUT2D eigenvalue weighted by Crippen LogP contribution is 2.43. The minimum absolute atomic E-state index is 0.0149. The van der Waals surface area contributed by atoms with Crippen LogP contribution in [0.15, 0.2) is 59.4 Å². The molecule has 2 aromatic carbocycles. The molecule has 1 aliphatic carbocycles. The van der Waals surface area contributed by atoms with Gasteiger partial charge in [-0.15, -0.1) is 0 Å². The quantitative estimate of drug-likeness (QED) is 0.370. The van der Waals surface area contributed by atoms with Crippen molar-refractivity contribution >= 4 is 17.5 Å². The third-order valence-electron chi connectivity index (χ3n) is 8.11. The van der Waals surface area contributed by atoms with E-state index in [2.05, 4.69) is 4.98 Å². The highest BCUT2D eigenvalue weighted by molar-refractivity contribution is 6.30. The molecule has 0 radical (unpaired) electrons. The third-order valence-corrected chi connectivity index (χ3v) is 8.36. The van der Waals surface area contributed by atoms with Crippen molar-refractivity contribution in [2.75, 3.05) is 26.4 Å². The lowest BCUT2D eigenvalue weighted by Crippen LogP contribution is -2.45. The molecule has 0 atom stereocenters. The van der Waals surface area contributed by atoms with Crippen molar-refractivity contribution in [1.82, 2.24) is 14.9 Å². The molecule has 2 N–H and O–H groups in total. The maximum Gasteiger partial charge on any atom is 0.294 e.